The minimum atomic E-state index is -4.64. The van der Waals surface area contributed by atoms with E-state index in [1.165, 1.54) is 12.1 Å². The van der Waals surface area contributed by atoms with Crippen LogP contribution in [0.1, 0.15) is 0 Å². The fraction of sp³-hybridized carbons (Fsp3) is 0. The maximum atomic E-state index is 12.0. The molecule has 0 spiro atoms. The first-order chi connectivity index (χ1) is 29.1. The van der Waals surface area contributed by atoms with Gasteiger partial charge in [0, 0.05) is 21.2 Å². The summed E-state index contributed by atoms with van der Waals surface area (Å²) in [6.45, 7) is 0. The van der Waals surface area contributed by atoms with Gasteiger partial charge in [-0.2, -0.15) is 0 Å². The Hall–Kier alpha value is -5.47. The molecule has 0 N–H and O–H groups in total. The molecular weight excluding hydrogens is 889 g/mol. The Bertz CT molecular complexity index is 2690. The number of ether oxygens (including phenoxy) is 2. The Kier molecular flexibility index (Phi) is 15.4. The number of hydrogen-bond acceptors (Lipinski definition) is 8. The maximum absolute atomic E-state index is 12.0. The SMILES string of the molecule is O=S(=O)([O-])c1ccccc1P(c1ccccc1)c1ccccc1Oc1ccccc1.O=S(=O)([O-])c1ccccc1P(c1ccccc1)c1ccccc1Oc1ccccc1.[Ni+2]. The molecule has 0 amide bonds. The zero-order valence-electron chi connectivity index (χ0n) is 32.1. The first-order valence-electron chi connectivity index (χ1n) is 18.5. The van der Waals surface area contributed by atoms with Crippen molar-refractivity contribution in [3.8, 4) is 23.0 Å². The molecule has 8 nitrogen and oxygen atoms in total. The van der Waals surface area contributed by atoms with Crippen molar-refractivity contribution in [3.63, 3.8) is 0 Å². The van der Waals surface area contributed by atoms with E-state index in [2.05, 4.69) is 0 Å². The minimum absolute atomic E-state index is 0. The molecule has 8 aromatic rings. The minimum Gasteiger partial charge on any atom is -0.744 e. The molecule has 0 bridgehead atoms. The van der Waals surface area contributed by atoms with Crippen molar-refractivity contribution in [3.05, 3.63) is 218 Å². The van der Waals surface area contributed by atoms with Crippen LogP contribution in [-0.4, -0.2) is 25.9 Å². The zero-order chi connectivity index (χ0) is 42.0. The van der Waals surface area contributed by atoms with Gasteiger partial charge in [-0.15, -0.1) is 0 Å². The van der Waals surface area contributed by atoms with Crippen LogP contribution in [0.15, 0.2) is 228 Å². The predicted octanol–water partition coefficient (Wildman–Crippen LogP) is 8.28. The summed E-state index contributed by atoms with van der Waals surface area (Å²) in [5.74, 6) is 2.60. The van der Waals surface area contributed by atoms with E-state index in [-0.39, 0.29) is 26.3 Å². The van der Waals surface area contributed by atoms with E-state index in [1.54, 1.807) is 36.4 Å². The second-order valence-corrected chi connectivity index (χ2v) is 19.9. The molecule has 8 aromatic carbocycles. The summed E-state index contributed by atoms with van der Waals surface area (Å²) in [6.07, 6.45) is 0. The molecule has 0 radical (unpaired) electrons. The van der Waals surface area contributed by atoms with Crippen LogP contribution in [0, 0.1) is 0 Å². The molecule has 2 unspecified atom stereocenters. The van der Waals surface area contributed by atoms with Crippen LogP contribution in [0.5, 0.6) is 23.0 Å². The standard InChI is InChI=1S/2C24H19O4PS.Ni/c2*25-30(26,27)24-18-10-9-17-23(24)29(20-13-5-2-6-14-20)22-16-8-7-15-21(22)28-19-11-3-1-4-12-19;/h2*1-18H,(H,25,26,27);/q;;+2/p-2. The van der Waals surface area contributed by atoms with Gasteiger partial charge in [0.15, 0.2) is 0 Å². The molecule has 2 atom stereocenters. The molecular formula is C48H36NiO8P2S2. The van der Waals surface area contributed by atoms with Crippen molar-refractivity contribution in [1.82, 2.24) is 0 Å². The third-order valence-corrected chi connectivity index (χ3v) is 16.1. The number of benzene rings is 8. The molecule has 0 aliphatic rings. The summed E-state index contributed by atoms with van der Waals surface area (Å²) in [5, 5.41) is 4.48. The molecule has 308 valence electrons. The average molecular weight is 926 g/mol. The van der Waals surface area contributed by atoms with Gasteiger partial charge in [-0.05, 0) is 75.0 Å². The fourth-order valence-electron chi connectivity index (χ4n) is 6.36. The van der Waals surface area contributed by atoms with Gasteiger partial charge in [-0.25, -0.2) is 16.8 Å². The third kappa shape index (κ3) is 11.5. The normalized spacial score (nSPS) is 12.1. The Morgan fingerprint density at radius 1 is 0.328 bits per heavy atom. The smallest absolute Gasteiger partial charge is 0.744 e. The van der Waals surface area contributed by atoms with Crippen molar-refractivity contribution in [1.29, 1.82) is 0 Å². The largest absolute Gasteiger partial charge is 2.00 e. The Balaban J connectivity index is 0.000000201. The van der Waals surface area contributed by atoms with Gasteiger partial charge in [-0.3, -0.25) is 0 Å². The van der Waals surface area contributed by atoms with Gasteiger partial charge in [0.1, 0.15) is 43.2 Å². The van der Waals surface area contributed by atoms with Gasteiger partial charge < -0.3 is 18.6 Å². The van der Waals surface area contributed by atoms with E-state index >= 15 is 0 Å². The van der Waals surface area contributed by atoms with Crippen molar-refractivity contribution >= 4 is 67.9 Å². The quantitative estimate of drug-likeness (QED) is 0.0680. The van der Waals surface area contributed by atoms with Gasteiger partial charge in [0.25, 0.3) is 0 Å². The van der Waals surface area contributed by atoms with Crippen molar-refractivity contribution in [2.24, 2.45) is 0 Å². The van der Waals surface area contributed by atoms with E-state index in [4.69, 9.17) is 9.47 Å². The van der Waals surface area contributed by atoms with E-state index in [0.29, 0.717) is 33.6 Å². The van der Waals surface area contributed by atoms with Gasteiger partial charge in [-0.1, -0.05) is 170 Å². The average Bonchev–Trinajstić information content (AvgIpc) is 3.26. The van der Waals surface area contributed by atoms with Crippen molar-refractivity contribution in [2.45, 2.75) is 9.79 Å². The number of rotatable bonds is 12. The molecule has 0 aromatic heterocycles. The topological polar surface area (TPSA) is 133 Å². The van der Waals surface area contributed by atoms with Crippen LogP contribution < -0.4 is 41.3 Å². The molecule has 0 heterocycles. The van der Waals surface area contributed by atoms with E-state index in [1.807, 2.05) is 170 Å². The Morgan fingerprint density at radius 2 is 0.590 bits per heavy atom. The van der Waals surface area contributed by atoms with Crippen molar-refractivity contribution in [2.75, 3.05) is 0 Å². The van der Waals surface area contributed by atoms with E-state index in [9.17, 15) is 25.9 Å². The van der Waals surface area contributed by atoms with E-state index in [0.717, 1.165) is 21.2 Å². The molecule has 0 saturated carbocycles. The molecule has 0 saturated heterocycles. The summed E-state index contributed by atoms with van der Waals surface area (Å²) in [7, 11) is -12.0. The van der Waals surface area contributed by atoms with Crippen LogP contribution in [0.2, 0.25) is 0 Å². The number of hydrogen-bond donors (Lipinski definition) is 0. The van der Waals surface area contributed by atoms with Crippen molar-refractivity contribution < 1.29 is 51.9 Å². The zero-order valence-corrected chi connectivity index (χ0v) is 36.5. The second-order valence-electron chi connectivity index (χ2n) is 13.0. The fourth-order valence-corrected chi connectivity index (χ4v) is 13.5. The summed E-state index contributed by atoms with van der Waals surface area (Å²) in [4.78, 5) is -0.399. The monoisotopic (exact) mass is 924 g/mol. The first kappa shape index (κ1) is 45.1. The van der Waals surface area contributed by atoms with Crippen LogP contribution in [0.3, 0.4) is 0 Å². The van der Waals surface area contributed by atoms with Crippen LogP contribution in [0.25, 0.3) is 0 Å². The number of para-hydroxylation sites is 4. The molecule has 61 heavy (non-hydrogen) atoms. The van der Waals surface area contributed by atoms with Gasteiger partial charge in [0.05, 0.1) is 9.79 Å². The first-order valence-corrected chi connectivity index (χ1v) is 24.0. The van der Waals surface area contributed by atoms with Crippen LogP contribution >= 0.6 is 15.8 Å². The molecule has 13 heteroatoms. The van der Waals surface area contributed by atoms with Gasteiger partial charge in [0.2, 0.25) is 0 Å². The summed E-state index contributed by atoms with van der Waals surface area (Å²) < 4.78 is 84.4. The third-order valence-electron chi connectivity index (χ3n) is 8.93. The van der Waals surface area contributed by atoms with Gasteiger partial charge >= 0.3 is 16.5 Å². The summed E-state index contributed by atoms with van der Waals surface area (Å²) in [5.41, 5.74) is 0. The maximum Gasteiger partial charge on any atom is 2.00 e. The Labute approximate surface area is 368 Å². The summed E-state index contributed by atoms with van der Waals surface area (Å²) in [6, 6.07) is 65.9. The molecule has 8 rings (SSSR count). The van der Waals surface area contributed by atoms with Crippen LogP contribution in [-0.2, 0) is 36.7 Å². The van der Waals surface area contributed by atoms with Crippen LogP contribution in [0.4, 0.5) is 0 Å². The molecule has 0 fully saturated rings. The predicted molar refractivity (Wildman–Crippen MR) is 239 cm³/mol. The molecule has 0 aliphatic carbocycles. The second kappa shape index (κ2) is 20.9. The summed E-state index contributed by atoms with van der Waals surface area (Å²) >= 11 is 0. The Morgan fingerprint density at radius 3 is 0.918 bits per heavy atom. The van der Waals surface area contributed by atoms with E-state index < -0.39 is 36.1 Å². The molecule has 0 aliphatic heterocycles.